The fraction of sp³-hybridized carbons (Fsp3) is 0.483. The number of Topliss-reactive ketones (excluding diaryl/α,β-unsaturated/α-hetero) is 1. The van der Waals surface area contributed by atoms with Gasteiger partial charge >= 0.3 is 11.9 Å². The predicted octanol–water partition coefficient (Wildman–Crippen LogP) is 3.57. The zero-order chi connectivity index (χ0) is 26.9. The minimum absolute atomic E-state index is 0.133. The third kappa shape index (κ3) is 6.52. The summed E-state index contributed by atoms with van der Waals surface area (Å²) < 4.78 is 28.2. The molecular weight excluding hydrogens is 490 g/mol. The highest BCUT2D eigenvalue weighted by Crippen LogP contribution is 2.45. The quantitative estimate of drug-likeness (QED) is 0.566. The minimum atomic E-state index is -0.785. The van der Waals surface area contributed by atoms with E-state index in [-0.39, 0.29) is 31.8 Å². The largest absolute Gasteiger partial charge is 0.491 e. The minimum Gasteiger partial charge on any atom is -0.491 e. The molecule has 204 valence electrons. The number of hydrogen-bond acceptors (Lipinski definition) is 9. The maximum Gasteiger partial charge on any atom is 0.306 e. The molecule has 0 unspecified atom stereocenters. The van der Waals surface area contributed by atoms with E-state index in [0.29, 0.717) is 37.9 Å². The monoisotopic (exact) mass is 525 g/mol. The highest BCUT2D eigenvalue weighted by molar-refractivity contribution is 5.92. The van der Waals surface area contributed by atoms with Crippen LogP contribution in [0.2, 0.25) is 0 Å². The van der Waals surface area contributed by atoms with Crippen LogP contribution in [0.15, 0.2) is 48.5 Å². The van der Waals surface area contributed by atoms with Crippen LogP contribution in [-0.2, 0) is 28.6 Å². The van der Waals surface area contributed by atoms with Crippen molar-refractivity contribution >= 4 is 17.7 Å². The zero-order valence-corrected chi connectivity index (χ0v) is 21.9. The highest BCUT2D eigenvalue weighted by Gasteiger charge is 2.47. The Bertz CT molecular complexity index is 1040. The van der Waals surface area contributed by atoms with Gasteiger partial charge in [0.05, 0.1) is 39.3 Å². The lowest BCUT2D eigenvalue weighted by atomic mass is 9.72. The molecule has 1 N–H and O–H groups in total. The maximum absolute atomic E-state index is 14.2. The summed E-state index contributed by atoms with van der Waals surface area (Å²) in [5.74, 6) is -1.54. The zero-order valence-electron chi connectivity index (χ0n) is 21.9. The second-order valence-corrected chi connectivity index (χ2v) is 9.14. The lowest BCUT2D eigenvalue weighted by Gasteiger charge is -2.42. The standard InChI is InChI=1S/C29H35NO8/c1-3-35-25(31)17-21-27-19-9-5-7-11-23(19)37-15-13-34-14-16-38-24-12-8-6-10-20(24)28(30-27)22(29(21)33)18-26(32)36-4-2/h5-12,21-22,27-28,30H,3-4,13-18H2,1-2H3/t21-,22+,27-,28-/m0/s1. The molecule has 1 saturated heterocycles. The Hall–Kier alpha value is -3.43. The van der Waals surface area contributed by atoms with E-state index in [1.165, 1.54) is 0 Å². The summed E-state index contributed by atoms with van der Waals surface area (Å²) in [6.07, 6.45) is -0.266. The molecule has 0 aliphatic carbocycles. The molecule has 9 nitrogen and oxygen atoms in total. The van der Waals surface area contributed by atoms with Gasteiger partial charge < -0.3 is 29.0 Å². The van der Waals surface area contributed by atoms with Gasteiger partial charge in [0, 0.05) is 35.0 Å². The van der Waals surface area contributed by atoms with Crippen molar-refractivity contribution in [3.63, 3.8) is 0 Å². The average Bonchev–Trinajstić information content (AvgIpc) is 2.91. The van der Waals surface area contributed by atoms with Gasteiger partial charge in [-0.1, -0.05) is 36.4 Å². The molecule has 1 fully saturated rings. The highest BCUT2D eigenvalue weighted by atomic mass is 16.5. The van der Waals surface area contributed by atoms with Crippen molar-refractivity contribution in [1.82, 2.24) is 5.32 Å². The molecule has 2 aromatic rings. The second kappa shape index (κ2) is 13.4. The van der Waals surface area contributed by atoms with E-state index >= 15 is 0 Å². The molecule has 9 heteroatoms. The Morgan fingerprint density at radius 1 is 0.763 bits per heavy atom. The smallest absolute Gasteiger partial charge is 0.306 e. The molecule has 0 saturated carbocycles. The molecule has 0 amide bonds. The number of piperidine rings is 1. The second-order valence-electron chi connectivity index (χ2n) is 9.14. The van der Waals surface area contributed by atoms with Gasteiger partial charge in [0.25, 0.3) is 0 Å². The van der Waals surface area contributed by atoms with E-state index < -0.39 is 35.9 Å². The first-order valence-electron chi connectivity index (χ1n) is 13.2. The van der Waals surface area contributed by atoms with Gasteiger partial charge in [-0.2, -0.15) is 0 Å². The summed E-state index contributed by atoms with van der Waals surface area (Å²) in [4.78, 5) is 39.5. The van der Waals surface area contributed by atoms with Gasteiger partial charge in [-0.3, -0.25) is 14.4 Å². The summed E-state index contributed by atoms with van der Waals surface area (Å²) >= 11 is 0. The first kappa shape index (κ1) is 27.6. The van der Waals surface area contributed by atoms with Gasteiger partial charge in [-0.05, 0) is 26.0 Å². The maximum atomic E-state index is 14.2. The van der Waals surface area contributed by atoms with Crippen LogP contribution in [0, 0.1) is 11.8 Å². The van der Waals surface area contributed by atoms with Crippen LogP contribution in [0.4, 0.5) is 0 Å². The molecule has 0 spiro atoms. The number of fused-ring (bicyclic) bond motifs is 6. The lowest BCUT2D eigenvalue weighted by molar-refractivity contribution is -0.151. The Morgan fingerprint density at radius 2 is 1.21 bits per heavy atom. The molecule has 2 bridgehead atoms. The van der Waals surface area contributed by atoms with Crippen molar-refractivity contribution < 1.29 is 38.1 Å². The number of para-hydroxylation sites is 2. The van der Waals surface area contributed by atoms with Crippen molar-refractivity contribution in [2.24, 2.45) is 11.8 Å². The Balaban J connectivity index is 1.83. The van der Waals surface area contributed by atoms with Gasteiger partial charge in [-0.15, -0.1) is 0 Å². The Kier molecular flexibility index (Phi) is 9.73. The Labute approximate surface area is 222 Å². The number of rotatable bonds is 6. The van der Waals surface area contributed by atoms with E-state index in [0.717, 1.165) is 11.1 Å². The van der Waals surface area contributed by atoms with Crippen LogP contribution in [-0.4, -0.2) is 57.4 Å². The van der Waals surface area contributed by atoms with Gasteiger partial charge in [0.15, 0.2) is 0 Å². The average molecular weight is 526 g/mol. The predicted molar refractivity (Wildman–Crippen MR) is 138 cm³/mol. The van der Waals surface area contributed by atoms with Crippen LogP contribution in [0.25, 0.3) is 0 Å². The third-order valence-corrected chi connectivity index (χ3v) is 6.76. The SMILES string of the molecule is CCOC(=O)C[C@@H]1C(=O)[C@H](CC(=O)OCC)[C@H]2N[C@H]1c1ccccc1OCCOCCOc1ccccc12. The molecule has 38 heavy (non-hydrogen) atoms. The van der Waals surface area contributed by atoms with Crippen molar-refractivity contribution in [3.05, 3.63) is 59.7 Å². The van der Waals surface area contributed by atoms with Crippen molar-refractivity contribution in [1.29, 1.82) is 0 Å². The fourth-order valence-electron chi connectivity index (χ4n) is 5.14. The van der Waals surface area contributed by atoms with Gasteiger partial charge in [-0.25, -0.2) is 0 Å². The number of carbonyl (C=O) groups excluding carboxylic acids is 3. The molecule has 2 heterocycles. The first-order chi connectivity index (χ1) is 18.5. The number of ether oxygens (including phenoxy) is 5. The molecule has 0 radical (unpaired) electrons. The van der Waals surface area contributed by atoms with Crippen LogP contribution in [0.1, 0.15) is 49.9 Å². The van der Waals surface area contributed by atoms with E-state index in [9.17, 15) is 14.4 Å². The Morgan fingerprint density at radius 3 is 1.66 bits per heavy atom. The summed E-state index contributed by atoms with van der Waals surface area (Å²) in [6, 6.07) is 13.7. The first-order valence-corrected chi connectivity index (χ1v) is 13.2. The summed E-state index contributed by atoms with van der Waals surface area (Å²) in [5, 5.41) is 3.62. The number of hydrogen-bond donors (Lipinski definition) is 1. The number of benzene rings is 2. The summed E-state index contributed by atoms with van der Waals surface area (Å²) in [7, 11) is 0. The molecule has 2 aliphatic heterocycles. The van der Waals surface area contributed by atoms with Crippen LogP contribution in [0.5, 0.6) is 11.5 Å². The molecule has 0 aromatic heterocycles. The fourth-order valence-corrected chi connectivity index (χ4v) is 5.14. The lowest BCUT2D eigenvalue weighted by Crippen LogP contribution is -2.50. The number of carbonyl (C=O) groups is 3. The van der Waals surface area contributed by atoms with E-state index in [1.54, 1.807) is 13.8 Å². The molecular formula is C29H35NO8. The van der Waals surface area contributed by atoms with Crippen molar-refractivity contribution in [2.45, 2.75) is 38.8 Å². The molecule has 4 atom stereocenters. The number of esters is 2. The third-order valence-electron chi connectivity index (χ3n) is 6.76. The molecule has 2 aromatic carbocycles. The number of ketones is 1. The topological polar surface area (TPSA) is 109 Å². The van der Waals surface area contributed by atoms with Crippen LogP contribution in [0.3, 0.4) is 0 Å². The van der Waals surface area contributed by atoms with Crippen LogP contribution >= 0.6 is 0 Å². The van der Waals surface area contributed by atoms with Crippen molar-refractivity contribution in [2.75, 3.05) is 39.6 Å². The normalized spacial score (nSPS) is 23.5. The van der Waals surface area contributed by atoms with Gasteiger partial charge in [0.1, 0.15) is 30.5 Å². The molecule has 2 aliphatic rings. The summed E-state index contributed by atoms with van der Waals surface area (Å²) in [6.45, 7) is 5.22. The van der Waals surface area contributed by atoms with E-state index in [1.807, 2.05) is 48.5 Å². The van der Waals surface area contributed by atoms with E-state index in [2.05, 4.69) is 5.32 Å². The van der Waals surface area contributed by atoms with E-state index in [4.69, 9.17) is 23.7 Å². The summed E-state index contributed by atoms with van der Waals surface area (Å²) in [5.41, 5.74) is 1.48. The van der Waals surface area contributed by atoms with Crippen molar-refractivity contribution in [3.8, 4) is 11.5 Å². The molecule has 4 rings (SSSR count). The van der Waals surface area contributed by atoms with Gasteiger partial charge in [0.2, 0.25) is 0 Å². The van der Waals surface area contributed by atoms with Crippen LogP contribution < -0.4 is 14.8 Å². The number of nitrogens with one attached hydrogen (secondary N) is 1.